The Morgan fingerprint density at radius 2 is 1.73 bits per heavy atom. The first kappa shape index (κ1) is 10.8. The predicted octanol–water partition coefficient (Wildman–Crippen LogP) is -0.279. The van der Waals surface area contributed by atoms with Gasteiger partial charge < -0.3 is 5.21 Å². The van der Waals surface area contributed by atoms with E-state index in [1.54, 1.807) is 13.8 Å². The third kappa shape index (κ3) is 3.15. The third-order valence-corrected chi connectivity index (χ3v) is 2.54. The Bertz CT molecular complexity index is 212. The second-order valence-corrected chi connectivity index (χ2v) is 4.52. The molecule has 0 aliphatic rings. The molecule has 0 heterocycles. The average Bonchev–Trinajstić information content (AvgIpc) is 1.82. The number of rotatable bonds is 3. The normalized spacial score (nSPS) is 15.9. The van der Waals surface area contributed by atoms with Crippen LogP contribution in [0.25, 0.3) is 0 Å². The fourth-order valence-electron chi connectivity index (χ4n) is 0.570. The molecule has 0 amide bonds. The highest BCUT2D eigenvalue weighted by atomic mass is 32.2. The van der Waals surface area contributed by atoms with Gasteiger partial charge in [-0.15, -0.1) is 0 Å². The molecular formula is C5H14N2O3S. The van der Waals surface area contributed by atoms with Crippen LogP contribution in [0.4, 0.5) is 0 Å². The van der Waals surface area contributed by atoms with E-state index in [0.29, 0.717) is 5.06 Å². The van der Waals surface area contributed by atoms with E-state index < -0.39 is 15.4 Å². The van der Waals surface area contributed by atoms with Crippen LogP contribution >= 0.6 is 0 Å². The Hall–Kier alpha value is -0.170. The molecular weight excluding hydrogens is 168 g/mol. The van der Waals surface area contributed by atoms with Crippen molar-refractivity contribution in [2.75, 3.05) is 0 Å². The van der Waals surface area contributed by atoms with Gasteiger partial charge in [0.25, 0.3) is 0 Å². The minimum Gasteiger partial charge on any atom is -0.312 e. The first-order chi connectivity index (χ1) is 4.76. The van der Waals surface area contributed by atoms with Gasteiger partial charge >= 0.3 is 0 Å². The van der Waals surface area contributed by atoms with Gasteiger partial charge in [0.1, 0.15) is 5.37 Å². The zero-order valence-corrected chi connectivity index (χ0v) is 7.67. The molecule has 1 atom stereocenters. The number of hydrogen-bond acceptors (Lipinski definition) is 4. The quantitative estimate of drug-likeness (QED) is 0.588. The molecule has 3 N–H and O–H groups in total. The van der Waals surface area contributed by atoms with Crippen LogP contribution in [-0.4, -0.2) is 30.1 Å². The molecule has 6 heteroatoms. The van der Waals surface area contributed by atoms with Gasteiger partial charge in [0.05, 0.1) is 0 Å². The average molecular weight is 182 g/mol. The molecule has 5 nitrogen and oxygen atoms in total. The molecule has 0 bridgehead atoms. The maximum Gasteiger partial charge on any atom is 0.227 e. The summed E-state index contributed by atoms with van der Waals surface area (Å²) in [5.41, 5.74) is 0. The van der Waals surface area contributed by atoms with Crippen molar-refractivity contribution < 1.29 is 13.6 Å². The standard InChI is InChI=1S/C5H14N2O3S/c1-4(2)7(8)5(3)11(6,9)10/h4-5,8H,1-3H3,(H2,6,9,10). The van der Waals surface area contributed by atoms with Crippen LogP contribution in [0.15, 0.2) is 0 Å². The van der Waals surface area contributed by atoms with E-state index >= 15 is 0 Å². The number of primary sulfonamides is 1. The van der Waals surface area contributed by atoms with Crippen molar-refractivity contribution in [1.82, 2.24) is 5.06 Å². The molecule has 11 heavy (non-hydrogen) atoms. The van der Waals surface area contributed by atoms with E-state index in [4.69, 9.17) is 10.3 Å². The molecule has 0 aromatic carbocycles. The summed E-state index contributed by atoms with van der Waals surface area (Å²) >= 11 is 0. The number of sulfonamides is 1. The Morgan fingerprint density at radius 3 is 1.82 bits per heavy atom. The Labute approximate surface area is 66.8 Å². The minimum absolute atomic E-state index is 0.261. The van der Waals surface area contributed by atoms with Gasteiger partial charge in [0, 0.05) is 6.04 Å². The van der Waals surface area contributed by atoms with E-state index in [1.165, 1.54) is 6.92 Å². The number of nitrogens with zero attached hydrogens (tertiary/aromatic N) is 1. The molecule has 0 spiro atoms. The fraction of sp³-hybridized carbons (Fsp3) is 1.00. The second-order valence-electron chi connectivity index (χ2n) is 2.66. The summed E-state index contributed by atoms with van der Waals surface area (Å²) in [5.74, 6) is 0. The first-order valence-electron chi connectivity index (χ1n) is 3.25. The number of nitrogens with two attached hydrogens (primary N) is 1. The summed E-state index contributed by atoms with van der Waals surface area (Å²) in [5, 5.41) is 13.5. The Kier molecular flexibility index (Phi) is 3.43. The summed E-state index contributed by atoms with van der Waals surface area (Å²) in [7, 11) is -3.67. The maximum absolute atomic E-state index is 10.7. The molecule has 68 valence electrons. The third-order valence-electron chi connectivity index (χ3n) is 1.38. The van der Waals surface area contributed by atoms with Crippen LogP contribution in [0.5, 0.6) is 0 Å². The van der Waals surface area contributed by atoms with Crippen molar-refractivity contribution in [3.8, 4) is 0 Å². The lowest BCUT2D eigenvalue weighted by molar-refractivity contribution is -0.124. The van der Waals surface area contributed by atoms with Gasteiger partial charge in [-0.2, -0.15) is 5.06 Å². The molecule has 0 aliphatic carbocycles. The van der Waals surface area contributed by atoms with Gasteiger partial charge in [-0.3, -0.25) is 0 Å². The minimum atomic E-state index is -3.67. The lowest BCUT2D eigenvalue weighted by Crippen LogP contribution is -2.43. The predicted molar refractivity (Wildman–Crippen MR) is 41.3 cm³/mol. The largest absolute Gasteiger partial charge is 0.312 e. The first-order valence-corrected chi connectivity index (χ1v) is 4.86. The van der Waals surface area contributed by atoms with Gasteiger partial charge in [0.15, 0.2) is 0 Å². The molecule has 0 aromatic rings. The highest BCUT2D eigenvalue weighted by Gasteiger charge is 2.24. The molecule has 0 radical (unpaired) electrons. The van der Waals surface area contributed by atoms with Crippen molar-refractivity contribution in [2.24, 2.45) is 5.14 Å². The molecule has 0 fully saturated rings. The van der Waals surface area contributed by atoms with Gasteiger partial charge in [-0.05, 0) is 20.8 Å². The van der Waals surface area contributed by atoms with Gasteiger partial charge in [-0.1, -0.05) is 0 Å². The fourth-order valence-corrected chi connectivity index (χ4v) is 1.11. The maximum atomic E-state index is 10.7. The molecule has 1 unspecified atom stereocenters. The monoisotopic (exact) mass is 182 g/mol. The number of hydroxylamine groups is 2. The summed E-state index contributed by atoms with van der Waals surface area (Å²) < 4.78 is 21.3. The van der Waals surface area contributed by atoms with Crippen LogP contribution in [0, 0.1) is 0 Å². The van der Waals surface area contributed by atoms with Crippen LogP contribution in [0.3, 0.4) is 0 Å². The van der Waals surface area contributed by atoms with Crippen molar-refractivity contribution in [2.45, 2.75) is 32.2 Å². The Balaban J connectivity index is 4.38. The number of hydrogen-bond donors (Lipinski definition) is 2. The van der Waals surface area contributed by atoms with Gasteiger partial charge in [-0.25, -0.2) is 13.6 Å². The summed E-state index contributed by atoms with van der Waals surface area (Å²) in [6.07, 6.45) is 0. The zero-order valence-electron chi connectivity index (χ0n) is 6.85. The van der Waals surface area contributed by atoms with Crippen LogP contribution in [0.2, 0.25) is 0 Å². The van der Waals surface area contributed by atoms with Crippen molar-refractivity contribution in [3.63, 3.8) is 0 Å². The summed E-state index contributed by atoms with van der Waals surface area (Å²) in [6, 6.07) is -0.261. The van der Waals surface area contributed by atoms with Crippen LogP contribution < -0.4 is 5.14 Å². The Morgan fingerprint density at radius 1 is 1.36 bits per heavy atom. The van der Waals surface area contributed by atoms with Crippen LogP contribution in [-0.2, 0) is 10.0 Å². The van der Waals surface area contributed by atoms with Crippen molar-refractivity contribution in [1.29, 1.82) is 0 Å². The molecule has 0 saturated heterocycles. The lowest BCUT2D eigenvalue weighted by Gasteiger charge is -2.23. The van der Waals surface area contributed by atoms with Crippen molar-refractivity contribution >= 4 is 10.0 Å². The van der Waals surface area contributed by atoms with Crippen LogP contribution in [0.1, 0.15) is 20.8 Å². The van der Waals surface area contributed by atoms with E-state index in [2.05, 4.69) is 0 Å². The lowest BCUT2D eigenvalue weighted by atomic mass is 10.4. The molecule has 0 aliphatic heterocycles. The van der Waals surface area contributed by atoms with E-state index in [1.807, 2.05) is 0 Å². The highest BCUT2D eigenvalue weighted by Crippen LogP contribution is 2.04. The SMILES string of the molecule is CC(C)N(O)C(C)S(N)(=O)=O. The molecule has 0 aromatic heterocycles. The topological polar surface area (TPSA) is 83.6 Å². The summed E-state index contributed by atoms with van der Waals surface area (Å²) in [6.45, 7) is 4.67. The summed E-state index contributed by atoms with van der Waals surface area (Å²) in [4.78, 5) is 0. The van der Waals surface area contributed by atoms with Crippen molar-refractivity contribution in [3.05, 3.63) is 0 Å². The van der Waals surface area contributed by atoms with E-state index in [-0.39, 0.29) is 6.04 Å². The molecule has 0 rings (SSSR count). The smallest absolute Gasteiger partial charge is 0.227 e. The van der Waals surface area contributed by atoms with E-state index in [0.717, 1.165) is 0 Å². The van der Waals surface area contributed by atoms with E-state index in [9.17, 15) is 8.42 Å². The highest BCUT2D eigenvalue weighted by molar-refractivity contribution is 7.89. The molecule has 0 saturated carbocycles. The van der Waals surface area contributed by atoms with Gasteiger partial charge in [0.2, 0.25) is 10.0 Å². The zero-order chi connectivity index (χ0) is 9.23. The second kappa shape index (κ2) is 3.48.